The van der Waals surface area contributed by atoms with E-state index in [0.717, 1.165) is 16.5 Å². The molecule has 1 heterocycles. The molecule has 1 N–H and O–H groups in total. The van der Waals surface area contributed by atoms with Gasteiger partial charge in [0.15, 0.2) is 0 Å². The van der Waals surface area contributed by atoms with E-state index in [4.69, 9.17) is 4.74 Å². The van der Waals surface area contributed by atoms with Crippen molar-refractivity contribution in [1.29, 1.82) is 0 Å². The maximum atomic E-state index is 11.7. The number of ether oxygens (including phenoxy) is 1. The second-order valence-corrected chi connectivity index (χ2v) is 6.07. The molecule has 21 heavy (non-hydrogen) atoms. The fourth-order valence-electron chi connectivity index (χ4n) is 1.65. The molecule has 0 unspecified atom stereocenters. The van der Waals surface area contributed by atoms with E-state index in [1.54, 1.807) is 24.5 Å². The zero-order chi connectivity index (χ0) is 15.1. The number of carbonyl (C=O) groups is 1. The fourth-order valence-corrected chi connectivity index (χ4v) is 2.70. The number of halogens is 1. The monoisotopic (exact) mass is 363 g/mol. The number of amides is 1. The van der Waals surface area contributed by atoms with Crippen molar-refractivity contribution in [3.63, 3.8) is 0 Å². The molecule has 3 nitrogen and oxygen atoms in total. The molecule has 0 spiro atoms. The fraction of sp³-hybridized carbons (Fsp3) is 0.188. The van der Waals surface area contributed by atoms with Crippen LogP contribution in [0.3, 0.4) is 0 Å². The van der Waals surface area contributed by atoms with Gasteiger partial charge in [0.05, 0.1) is 7.11 Å². The summed E-state index contributed by atoms with van der Waals surface area (Å²) < 4.78 is 5.97. The Bertz CT molecular complexity index is 671. The third-order valence-corrected chi connectivity index (χ3v) is 4.35. The van der Waals surface area contributed by atoms with Crippen LogP contribution in [-0.4, -0.2) is 19.6 Å². The Morgan fingerprint density at radius 2 is 2.29 bits per heavy atom. The Morgan fingerprint density at radius 3 is 3.00 bits per heavy atom. The maximum Gasteiger partial charge on any atom is 0.296 e. The zero-order valence-electron chi connectivity index (χ0n) is 11.5. The van der Waals surface area contributed by atoms with Crippen molar-refractivity contribution in [1.82, 2.24) is 5.32 Å². The van der Waals surface area contributed by atoms with Crippen molar-refractivity contribution in [2.45, 2.75) is 6.42 Å². The van der Waals surface area contributed by atoms with Crippen LogP contribution in [0.25, 0.3) is 0 Å². The molecule has 2 rings (SSSR count). The molecular weight excluding hydrogens is 350 g/mol. The van der Waals surface area contributed by atoms with Crippen LogP contribution in [0.1, 0.15) is 10.4 Å². The van der Waals surface area contributed by atoms with E-state index in [2.05, 4.69) is 39.2 Å². The third kappa shape index (κ3) is 4.92. The van der Waals surface area contributed by atoms with Crippen LogP contribution in [0.5, 0.6) is 5.75 Å². The van der Waals surface area contributed by atoms with E-state index >= 15 is 0 Å². The highest BCUT2D eigenvalue weighted by Gasteiger charge is 2.00. The van der Waals surface area contributed by atoms with Crippen LogP contribution in [0.2, 0.25) is 0 Å². The first-order chi connectivity index (χ1) is 10.2. The van der Waals surface area contributed by atoms with Gasteiger partial charge in [-0.05, 0) is 52.0 Å². The van der Waals surface area contributed by atoms with Gasteiger partial charge in [0.25, 0.3) is 5.91 Å². The van der Waals surface area contributed by atoms with Crippen molar-refractivity contribution < 1.29 is 9.53 Å². The number of methoxy groups -OCH3 is 1. The highest BCUT2D eigenvalue weighted by atomic mass is 79.9. The zero-order valence-corrected chi connectivity index (χ0v) is 13.9. The summed E-state index contributed by atoms with van der Waals surface area (Å²) >= 11 is 5.08. The average Bonchev–Trinajstić information content (AvgIpc) is 3.00. The van der Waals surface area contributed by atoms with Gasteiger partial charge >= 0.3 is 0 Å². The summed E-state index contributed by atoms with van der Waals surface area (Å²) in [7, 11) is 1.59. The standard InChI is InChI=1S/C16H14BrNO2S/c1-20-13-5-6-15(17)12(11-13)4-7-16(19)18-9-8-14-3-2-10-21-14/h2-3,5-6,10-11H,8-9H2,1H3,(H,18,19). The van der Waals surface area contributed by atoms with Gasteiger partial charge in [-0.3, -0.25) is 4.79 Å². The topological polar surface area (TPSA) is 38.3 Å². The SMILES string of the molecule is COc1ccc(Br)c(C#CC(=O)NCCc2cccs2)c1. The molecule has 0 saturated heterocycles. The van der Waals surface area contributed by atoms with Crippen LogP contribution >= 0.6 is 27.3 Å². The molecule has 0 aliphatic rings. The summed E-state index contributed by atoms with van der Waals surface area (Å²) in [6, 6.07) is 9.52. The van der Waals surface area contributed by atoms with Crippen molar-refractivity contribution in [3.8, 4) is 17.6 Å². The Balaban J connectivity index is 1.90. The van der Waals surface area contributed by atoms with Crippen molar-refractivity contribution in [3.05, 3.63) is 50.6 Å². The largest absolute Gasteiger partial charge is 0.497 e. The molecule has 0 aliphatic carbocycles. The van der Waals surface area contributed by atoms with Gasteiger partial charge in [-0.15, -0.1) is 11.3 Å². The second-order valence-electron chi connectivity index (χ2n) is 4.18. The molecule has 108 valence electrons. The van der Waals surface area contributed by atoms with Crippen LogP contribution in [0.4, 0.5) is 0 Å². The van der Waals surface area contributed by atoms with Gasteiger partial charge in [0.2, 0.25) is 0 Å². The van der Waals surface area contributed by atoms with Crippen LogP contribution in [0.15, 0.2) is 40.2 Å². The first kappa shape index (κ1) is 15.6. The van der Waals surface area contributed by atoms with E-state index in [9.17, 15) is 4.79 Å². The van der Waals surface area contributed by atoms with Crippen molar-refractivity contribution >= 4 is 33.2 Å². The molecule has 1 aromatic heterocycles. The minimum absolute atomic E-state index is 0.277. The predicted molar refractivity (Wildman–Crippen MR) is 88.6 cm³/mol. The molecule has 0 bridgehead atoms. The lowest BCUT2D eigenvalue weighted by atomic mass is 10.2. The lowest BCUT2D eigenvalue weighted by molar-refractivity contribution is -0.115. The molecule has 2 aromatic rings. The molecule has 1 aromatic carbocycles. The lowest BCUT2D eigenvalue weighted by Gasteiger charge is -2.01. The molecule has 5 heteroatoms. The van der Waals surface area contributed by atoms with Crippen molar-refractivity contribution in [2.75, 3.05) is 13.7 Å². The van der Waals surface area contributed by atoms with Gasteiger partial charge in [0.1, 0.15) is 5.75 Å². The molecule has 0 aliphatic heterocycles. The molecule has 1 amide bonds. The Kier molecular flexibility index (Phi) is 5.85. The van der Waals surface area contributed by atoms with Gasteiger partial charge < -0.3 is 10.1 Å². The molecule has 0 atom stereocenters. The predicted octanol–water partition coefficient (Wildman–Crippen LogP) is 3.23. The first-order valence-corrected chi connectivity index (χ1v) is 8.02. The van der Waals surface area contributed by atoms with E-state index < -0.39 is 0 Å². The van der Waals surface area contributed by atoms with Crippen LogP contribution < -0.4 is 10.1 Å². The Labute approximate surface area is 136 Å². The summed E-state index contributed by atoms with van der Waals surface area (Å²) in [4.78, 5) is 12.9. The smallest absolute Gasteiger partial charge is 0.296 e. The maximum absolute atomic E-state index is 11.7. The highest BCUT2D eigenvalue weighted by Crippen LogP contribution is 2.21. The number of carbonyl (C=O) groups excluding carboxylic acids is 1. The number of nitrogens with one attached hydrogen (secondary N) is 1. The Hall–Kier alpha value is -1.77. The van der Waals surface area contributed by atoms with Crippen LogP contribution in [-0.2, 0) is 11.2 Å². The quantitative estimate of drug-likeness (QED) is 0.846. The lowest BCUT2D eigenvalue weighted by Crippen LogP contribution is -2.23. The van der Waals surface area contributed by atoms with E-state index in [1.165, 1.54) is 4.88 Å². The minimum Gasteiger partial charge on any atom is -0.497 e. The molecular formula is C16H14BrNO2S. The van der Waals surface area contributed by atoms with Gasteiger partial charge in [-0.2, -0.15) is 0 Å². The summed E-state index contributed by atoms with van der Waals surface area (Å²) in [5, 5.41) is 4.81. The third-order valence-electron chi connectivity index (χ3n) is 2.72. The van der Waals surface area contributed by atoms with E-state index in [0.29, 0.717) is 12.3 Å². The van der Waals surface area contributed by atoms with Crippen molar-refractivity contribution in [2.24, 2.45) is 0 Å². The number of hydrogen-bond donors (Lipinski definition) is 1. The summed E-state index contributed by atoms with van der Waals surface area (Å²) in [6.07, 6.45) is 0.827. The van der Waals surface area contributed by atoms with E-state index in [1.807, 2.05) is 23.6 Å². The number of benzene rings is 1. The summed E-state index contributed by atoms with van der Waals surface area (Å²) in [5.41, 5.74) is 0.725. The number of thiophene rings is 1. The van der Waals surface area contributed by atoms with Gasteiger partial charge in [0, 0.05) is 27.4 Å². The molecule has 0 radical (unpaired) electrons. The van der Waals surface area contributed by atoms with E-state index in [-0.39, 0.29) is 5.91 Å². The molecule has 0 saturated carbocycles. The highest BCUT2D eigenvalue weighted by molar-refractivity contribution is 9.10. The minimum atomic E-state index is -0.277. The normalized spacial score (nSPS) is 9.62. The van der Waals surface area contributed by atoms with Gasteiger partial charge in [-0.25, -0.2) is 0 Å². The first-order valence-electron chi connectivity index (χ1n) is 6.35. The number of rotatable bonds is 4. The van der Waals surface area contributed by atoms with Gasteiger partial charge in [-0.1, -0.05) is 12.0 Å². The number of hydrogen-bond acceptors (Lipinski definition) is 3. The summed E-state index contributed by atoms with van der Waals surface area (Å²) in [5.74, 6) is 5.87. The molecule has 0 fully saturated rings. The second kappa shape index (κ2) is 7.87. The summed E-state index contributed by atoms with van der Waals surface area (Å²) in [6.45, 7) is 0.591. The van der Waals surface area contributed by atoms with Crippen LogP contribution in [0, 0.1) is 11.8 Å². The average molecular weight is 364 g/mol. The Morgan fingerprint density at radius 1 is 1.43 bits per heavy atom.